The highest BCUT2D eigenvalue weighted by Crippen LogP contribution is 2.15. The molecule has 0 unspecified atom stereocenters. The van der Waals surface area contributed by atoms with Crippen molar-refractivity contribution < 1.29 is 13.9 Å². The zero-order valence-corrected chi connectivity index (χ0v) is 12.0. The summed E-state index contributed by atoms with van der Waals surface area (Å²) in [7, 11) is 0. The summed E-state index contributed by atoms with van der Waals surface area (Å²) in [6.45, 7) is 7.36. The quantitative estimate of drug-likeness (QED) is 0.912. The van der Waals surface area contributed by atoms with Gasteiger partial charge in [-0.15, -0.1) is 0 Å². The number of amides is 1. The summed E-state index contributed by atoms with van der Waals surface area (Å²) in [6.07, 6.45) is -0.277. The number of carbonyl (C=O) groups excluding carboxylic acids is 1. The van der Waals surface area contributed by atoms with Crippen LogP contribution in [0.4, 0.5) is 4.79 Å². The van der Waals surface area contributed by atoms with Gasteiger partial charge in [0, 0.05) is 19.1 Å². The molecule has 1 aromatic heterocycles. The minimum atomic E-state index is -0.461. The van der Waals surface area contributed by atoms with Gasteiger partial charge in [0.25, 0.3) is 0 Å². The topological polar surface area (TPSA) is 78.5 Å². The van der Waals surface area contributed by atoms with Crippen LogP contribution >= 0.6 is 0 Å². The van der Waals surface area contributed by atoms with Gasteiger partial charge in [0.2, 0.25) is 5.76 Å². The molecule has 6 heteroatoms. The van der Waals surface area contributed by atoms with E-state index in [0.29, 0.717) is 25.4 Å². The maximum absolute atomic E-state index is 11.7. The largest absolute Gasteiger partial charge is 0.449 e. The van der Waals surface area contributed by atoms with Crippen molar-refractivity contribution in [3.63, 3.8) is 0 Å². The summed E-state index contributed by atoms with van der Waals surface area (Å²) < 4.78 is 10.5. The first-order chi connectivity index (χ1) is 9.37. The summed E-state index contributed by atoms with van der Waals surface area (Å²) in [6, 6.07) is 5.59. The van der Waals surface area contributed by atoms with Crippen LogP contribution < -0.4 is 5.32 Å². The van der Waals surface area contributed by atoms with Gasteiger partial charge in [-0.2, -0.15) is 5.26 Å². The maximum Gasteiger partial charge on any atom is 0.410 e. The van der Waals surface area contributed by atoms with E-state index in [9.17, 15) is 4.79 Å². The molecule has 2 heterocycles. The smallest absolute Gasteiger partial charge is 0.410 e. The number of furan rings is 1. The monoisotopic (exact) mass is 277 g/mol. The van der Waals surface area contributed by atoms with E-state index in [1.165, 1.54) is 0 Å². The Balaban J connectivity index is 1.69. The average molecular weight is 277 g/mol. The van der Waals surface area contributed by atoms with E-state index >= 15 is 0 Å². The van der Waals surface area contributed by atoms with Crippen LogP contribution in [0.15, 0.2) is 16.5 Å². The van der Waals surface area contributed by atoms with Crippen molar-refractivity contribution >= 4 is 6.09 Å². The first kappa shape index (κ1) is 14.4. The van der Waals surface area contributed by atoms with E-state index < -0.39 is 5.60 Å². The van der Waals surface area contributed by atoms with Gasteiger partial charge in [-0.05, 0) is 32.9 Å². The summed E-state index contributed by atoms with van der Waals surface area (Å²) in [5.41, 5.74) is -0.461. The predicted molar refractivity (Wildman–Crippen MR) is 71.9 cm³/mol. The van der Waals surface area contributed by atoms with E-state index in [1.54, 1.807) is 17.0 Å². The number of hydrogen-bond acceptors (Lipinski definition) is 5. The van der Waals surface area contributed by atoms with Gasteiger partial charge in [0.1, 0.15) is 17.4 Å². The highest BCUT2D eigenvalue weighted by Gasteiger charge is 2.33. The molecule has 1 aliphatic heterocycles. The van der Waals surface area contributed by atoms with Gasteiger partial charge < -0.3 is 19.4 Å². The first-order valence-electron chi connectivity index (χ1n) is 6.57. The second kappa shape index (κ2) is 5.55. The third-order valence-electron chi connectivity index (χ3n) is 2.87. The minimum Gasteiger partial charge on any atom is -0.449 e. The SMILES string of the molecule is CC(C)(C)OC(=O)N1CC(NCc2ccc(C#N)o2)C1. The van der Waals surface area contributed by atoms with Crippen molar-refractivity contribution in [1.29, 1.82) is 5.26 Å². The maximum atomic E-state index is 11.7. The lowest BCUT2D eigenvalue weighted by Gasteiger charge is -2.40. The molecule has 20 heavy (non-hydrogen) atoms. The van der Waals surface area contributed by atoms with Crippen LogP contribution in [-0.4, -0.2) is 35.7 Å². The van der Waals surface area contributed by atoms with Gasteiger partial charge in [0.05, 0.1) is 6.54 Å². The number of nitrogens with zero attached hydrogens (tertiary/aromatic N) is 2. The molecule has 0 atom stereocenters. The van der Waals surface area contributed by atoms with Crippen molar-refractivity contribution in [1.82, 2.24) is 10.2 Å². The Morgan fingerprint density at radius 3 is 2.80 bits per heavy atom. The van der Waals surface area contributed by atoms with Gasteiger partial charge >= 0.3 is 6.09 Å². The van der Waals surface area contributed by atoms with Crippen LogP contribution in [0.25, 0.3) is 0 Å². The number of hydrogen-bond donors (Lipinski definition) is 1. The third kappa shape index (κ3) is 3.75. The molecule has 0 radical (unpaired) electrons. The molecule has 2 rings (SSSR count). The molecule has 1 aromatic rings. The molecule has 0 bridgehead atoms. The fourth-order valence-corrected chi connectivity index (χ4v) is 1.86. The standard InChI is InChI=1S/C14H19N3O3/c1-14(2,3)20-13(18)17-8-10(9-17)16-7-12-5-4-11(6-15)19-12/h4-5,10,16H,7-9H2,1-3H3. The molecule has 1 amide bonds. The Bertz CT molecular complexity index is 519. The van der Waals surface area contributed by atoms with Crippen molar-refractivity contribution in [2.45, 2.75) is 39.0 Å². The summed E-state index contributed by atoms with van der Waals surface area (Å²) >= 11 is 0. The van der Waals surface area contributed by atoms with E-state index in [1.807, 2.05) is 26.8 Å². The highest BCUT2D eigenvalue weighted by molar-refractivity contribution is 5.69. The first-order valence-corrected chi connectivity index (χ1v) is 6.57. The van der Waals surface area contributed by atoms with Gasteiger partial charge in [-0.3, -0.25) is 0 Å². The van der Waals surface area contributed by atoms with Crippen molar-refractivity contribution in [3.05, 3.63) is 23.7 Å². The summed E-state index contributed by atoms with van der Waals surface area (Å²) in [5, 5.41) is 11.9. The molecule has 0 aliphatic carbocycles. The molecule has 1 fully saturated rings. The van der Waals surface area contributed by atoms with Crippen molar-refractivity contribution in [3.8, 4) is 6.07 Å². The zero-order chi connectivity index (χ0) is 14.8. The van der Waals surface area contributed by atoms with Gasteiger partial charge in [-0.1, -0.05) is 0 Å². The van der Waals surface area contributed by atoms with Crippen LogP contribution in [0.1, 0.15) is 32.3 Å². The number of rotatable bonds is 3. The Labute approximate surface area is 118 Å². The number of carbonyl (C=O) groups is 1. The summed E-state index contributed by atoms with van der Waals surface area (Å²) in [4.78, 5) is 13.4. The van der Waals surface area contributed by atoms with Gasteiger partial charge in [-0.25, -0.2) is 4.79 Å². The van der Waals surface area contributed by atoms with Crippen LogP contribution in [-0.2, 0) is 11.3 Å². The average Bonchev–Trinajstić information content (AvgIpc) is 2.72. The van der Waals surface area contributed by atoms with Crippen LogP contribution in [0.2, 0.25) is 0 Å². The molecule has 1 aliphatic rings. The number of nitriles is 1. The van der Waals surface area contributed by atoms with Crippen LogP contribution in [0.5, 0.6) is 0 Å². The minimum absolute atomic E-state index is 0.234. The Kier molecular flexibility index (Phi) is 4.00. The molecule has 1 saturated heterocycles. The van der Waals surface area contributed by atoms with E-state index in [2.05, 4.69) is 5.32 Å². The lowest BCUT2D eigenvalue weighted by atomic mass is 10.1. The number of likely N-dealkylation sites (tertiary alicyclic amines) is 1. The van der Waals surface area contributed by atoms with E-state index in [-0.39, 0.29) is 12.1 Å². The Morgan fingerprint density at radius 2 is 2.25 bits per heavy atom. The normalized spacial score (nSPS) is 15.6. The van der Waals surface area contributed by atoms with Gasteiger partial charge in [0.15, 0.2) is 0 Å². The summed E-state index contributed by atoms with van der Waals surface area (Å²) in [5.74, 6) is 1.03. The molecule has 6 nitrogen and oxygen atoms in total. The third-order valence-corrected chi connectivity index (χ3v) is 2.87. The Hall–Kier alpha value is -2.00. The molecule has 0 saturated carbocycles. The second-order valence-corrected chi connectivity index (χ2v) is 5.84. The lowest BCUT2D eigenvalue weighted by molar-refractivity contribution is 0.00505. The molecular weight excluding hydrogens is 258 g/mol. The van der Waals surface area contributed by atoms with Crippen LogP contribution in [0.3, 0.4) is 0 Å². The molecule has 1 N–H and O–H groups in total. The molecular formula is C14H19N3O3. The van der Waals surface area contributed by atoms with E-state index in [0.717, 1.165) is 5.76 Å². The van der Waals surface area contributed by atoms with Crippen molar-refractivity contribution in [2.75, 3.05) is 13.1 Å². The molecule has 108 valence electrons. The zero-order valence-electron chi connectivity index (χ0n) is 12.0. The number of nitrogens with one attached hydrogen (secondary N) is 1. The van der Waals surface area contributed by atoms with E-state index in [4.69, 9.17) is 14.4 Å². The second-order valence-electron chi connectivity index (χ2n) is 5.84. The number of ether oxygens (including phenoxy) is 1. The lowest BCUT2D eigenvalue weighted by Crippen LogP contribution is -2.60. The molecule has 0 spiro atoms. The van der Waals surface area contributed by atoms with Crippen LogP contribution in [0, 0.1) is 11.3 Å². The fraction of sp³-hybridized carbons (Fsp3) is 0.571. The fourth-order valence-electron chi connectivity index (χ4n) is 1.86. The Morgan fingerprint density at radius 1 is 1.55 bits per heavy atom. The molecule has 0 aromatic carbocycles. The predicted octanol–water partition coefficient (Wildman–Crippen LogP) is 1.86. The highest BCUT2D eigenvalue weighted by atomic mass is 16.6. The van der Waals surface area contributed by atoms with Crippen molar-refractivity contribution in [2.24, 2.45) is 0 Å².